The van der Waals surface area contributed by atoms with Gasteiger partial charge >= 0.3 is 29.9 Å². The molecule has 0 rings (SSSR count). The van der Waals surface area contributed by atoms with Crippen LogP contribution in [0.2, 0.25) is 0 Å². The molecule has 0 spiro atoms. The Morgan fingerprint density at radius 3 is 1.14 bits per heavy atom. The van der Waals surface area contributed by atoms with Crippen molar-refractivity contribution in [1.29, 1.82) is 0 Å². The summed E-state index contributed by atoms with van der Waals surface area (Å²) in [4.78, 5) is 0. The molecule has 2 N–H and O–H groups in total. The van der Waals surface area contributed by atoms with Gasteiger partial charge in [0.2, 0.25) is 0 Å². The summed E-state index contributed by atoms with van der Waals surface area (Å²) in [6.07, 6.45) is 0. The van der Waals surface area contributed by atoms with E-state index < -0.39 is 10.4 Å². The Morgan fingerprint density at radius 1 is 1.14 bits per heavy atom. The van der Waals surface area contributed by atoms with Crippen molar-refractivity contribution in [2.75, 3.05) is 0 Å². The first-order valence-electron chi connectivity index (χ1n) is 0.698. The summed E-state index contributed by atoms with van der Waals surface area (Å²) in [7, 11) is -4.67. The Balaban J connectivity index is -0.0000000800. The number of rotatable bonds is 0. The summed E-state index contributed by atoms with van der Waals surface area (Å²) < 4.78 is 31.6. The second kappa shape index (κ2) is 4.61. The van der Waals surface area contributed by atoms with E-state index in [2.05, 4.69) is 0 Å². The molecule has 40 valence electrons. The van der Waals surface area contributed by atoms with Crippen LogP contribution in [-0.2, 0) is 35.4 Å². The van der Waals surface area contributed by atoms with Crippen LogP contribution in [0.3, 0.4) is 0 Å². The number of hydrogen-bond donors (Lipinski definition) is 2. The van der Waals surface area contributed by atoms with Gasteiger partial charge in [-0.05, 0) is 0 Å². The Kier molecular flexibility index (Phi) is 10.3. The molecule has 0 aliphatic heterocycles. The van der Waals surface area contributed by atoms with Crippen LogP contribution in [0.25, 0.3) is 0 Å². The molecule has 7 heteroatoms. The van der Waals surface area contributed by atoms with E-state index in [4.69, 9.17) is 17.5 Å². The quantitative estimate of drug-likeness (QED) is 0.376. The topological polar surface area (TPSA) is 103 Å². The molecule has 0 bridgehead atoms. The van der Waals surface area contributed by atoms with Crippen molar-refractivity contribution in [1.82, 2.24) is 0 Å². The summed E-state index contributed by atoms with van der Waals surface area (Å²) in [6, 6.07) is 0. The summed E-state index contributed by atoms with van der Waals surface area (Å²) in [5.74, 6) is 0. The van der Waals surface area contributed by atoms with Crippen LogP contribution in [0.4, 0.5) is 0 Å². The molecular weight excluding hydrogens is 177 g/mol. The first-order valence-corrected chi connectivity index (χ1v) is 2.10. The molecule has 0 amide bonds. The third-order valence-corrected chi connectivity index (χ3v) is 0. The Bertz CT molecular complexity index is 91.2. The molecule has 0 atom stereocenters. The van der Waals surface area contributed by atoms with E-state index in [0.29, 0.717) is 0 Å². The number of hydrogen-bond acceptors (Lipinski definition) is 2. The predicted octanol–water partition coefficient (Wildman–Crippen LogP) is -0.774. The molecule has 0 aliphatic carbocycles. The van der Waals surface area contributed by atoms with Crippen LogP contribution in [0, 0.1) is 0 Å². The molecule has 0 aromatic heterocycles. The Labute approximate surface area is 53.4 Å². The fourth-order valence-corrected chi connectivity index (χ4v) is 0. The van der Waals surface area contributed by atoms with Gasteiger partial charge in [0.05, 0.1) is 0 Å². The Morgan fingerprint density at radius 2 is 1.14 bits per heavy atom. The predicted molar refractivity (Wildman–Crippen MR) is 14.9 cm³/mol. The molecule has 0 unspecified atom stereocenters. The normalized spacial score (nSPS) is 8.29. The molecule has 0 saturated carbocycles. The molecule has 0 radical (unpaired) electrons. The molecule has 0 aliphatic rings. The van der Waals surface area contributed by atoms with E-state index >= 15 is 0 Å². The van der Waals surface area contributed by atoms with Gasteiger partial charge in [0.25, 0.3) is 0 Å². The summed E-state index contributed by atoms with van der Waals surface area (Å²) in [5.41, 5.74) is 0. The first-order chi connectivity index (χ1) is 2.00. The van der Waals surface area contributed by atoms with Gasteiger partial charge < -0.3 is 5.48 Å². The van der Waals surface area contributed by atoms with Crippen molar-refractivity contribution in [3.05, 3.63) is 0 Å². The van der Waals surface area contributed by atoms with Gasteiger partial charge in [-0.15, -0.1) is 0 Å². The molecule has 0 saturated heterocycles. The molecule has 0 aromatic carbocycles. The average molecular weight is 179 g/mol. The molecular formula is H2O5SZn. The maximum Gasteiger partial charge on any atom is 2.00 e. The van der Waals surface area contributed by atoms with Gasteiger partial charge in [0, 0.05) is 0 Å². The molecule has 0 fully saturated rings. The van der Waals surface area contributed by atoms with E-state index in [0.717, 1.165) is 0 Å². The van der Waals surface area contributed by atoms with Crippen molar-refractivity contribution in [2.24, 2.45) is 0 Å². The van der Waals surface area contributed by atoms with Crippen molar-refractivity contribution in [3.63, 3.8) is 0 Å². The van der Waals surface area contributed by atoms with Gasteiger partial charge in [-0.1, -0.05) is 0 Å². The van der Waals surface area contributed by atoms with Crippen LogP contribution in [-0.4, -0.2) is 17.5 Å². The first kappa shape index (κ1) is 15.7. The van der Waals surface area contributed by atoms with E-state index in [1.807, 2.05) is 0 Å². The van der Waals surface area contributed by atoms with E-state index in [-0.39, 0.29) is 25.0 Å². The summed E-state index contributed by atoms with van der Waals surface area (Å²) >= 11 is 0. The Hall–Kier alpha value is 0.453. The second-order valence-corrected chi connectivity index (χ2v) is 1.34. The summed E-state index contributed by atoms with van der Waals surface area (Å²) in [6.45, 7) is 0. The molecule has 0 aromatic rings. The fraction of sp³-hybridized carbons (Fsp3) is 0. The monoisotopic (exact) mass is 178 g/mol. The molecule has 7 heavy (non-hydrogen) atoms. The standard InChI is InChI=1S/H2O4S.O.Zn/c1-5(2,3)4;;/h(H2,1,2,3,4);;/q;-2;+2. The third-order valence-electron chi connectivity index (χ3n) is 0. The minimum absolute atomic E-state index is 0. The van der Waals surface area contributed by atoms with Crippen molar-refractivity contribution in [2.45, 2.75) is 0 Å². The van der Waals surface area contributed by atoms with Gasteiger partial charge in [0.15, 0.2) is 0 Å². The van der Waals surface area contributed by atoms with Crippen molar-refractivity contribution < 1.29 is 42.5 Å². The van der Waals surface area contributed by atoms with E-state index in [1.54, 1.807) is 0 Å². The van der Waals surface area contributed by atoms with Crippen LogP contribution < -0.4 is 0 Å². The zero-order valence-electron chi connectivity index (χ0n) is 3.23. The average Bonchev–Trinajstić information content (AvgIpc) is 0.722. The smallest absolute Gasteiger partial charge is 2.00 e. The van der Waals surface area contributed by atoms with Crippen molar-refractivity contribution in [3.8, 4) is 0 Å². The van der Waals surface area contributed by atoms with Gasteiger partial charge in [0.1, 0.15) is 0 Å². The van der Waals surface area contributed by atoms with E-state index in [9.17, 15) is 0 Å². The van der Waals surface area contributed by atoms with Gasteiger partial charge in [-0.3, -0.25) is 9.11 Å². The molecule has 5 nitrogen and oxygen atoms in total. The maximum atomic E-state index is 8.74. The largest absolute Gasteiger partial charge is 2.00 e. The zero-order chi connectivity index (χ0) is 4.50. The minimum atomic E-state index is -4.67. The zero-order valence-corrected chi connectivity index (χ0v) is 7.02. The van der Waals surface area contributed by atoms with Crippen LogP contribution in [0.5, 0.6) is 0 Å². The fourth-order valence-electron chi connectivity index (χ4n) is 0. The van der Waals surface area contributed by atoms with Gasteiger partial charge in [-0.25, -0.2) is 0 Å². The third kappa shape index (κ3) is 623. The maximum absolute atomic E-state index is 8.74. The minimum Gasteiger partial charge on any atom is -2.00 e. The van der Waals surface area contributed by atoms with Crippen LogP contribution >= 0.6 is 0 Å². The summed E-state index contributed by atoms with van der Waals surface area (Å²) in [5, 5.41) is 0. The van der Waals surface area contributed by atoms with Gasteiger partial charge in [-0.2, -0.15) is 8.42 Å². The van der Waals surface area contributed by atoms with Crippen LogP contribution in [0.15, 0.2) is 0 Å². The van der Waals surface area contributed by atoms with Crippen molar-refractivity contribution >= 4 is 10.4 Å². The van der Waals surface area contributed by atoms with E-state index in [1.165, 1.54) is 0 Å². The second-order valence-electron chi connectivity index (χ2n) is 0.448. The van der Waals surface area contributed by atoms with Crippen LogP contribution in [0.1, 0.15) is 0 Å². The SMILES string of the molecule is O=S(=O)(O)O.[O-2].[Zn+2]. The molecule has 0 heterocycles.